The largest absolute Gasteiger partial charge is 0.573 e. The number of carbonyl (C=O) groups excluding carboxylic acids is 1. The zero-order valence-electron chi connectivity index (χ0n) is 14.8. The molecule has 1 heterocycles. The third-order valence-electron chi connectivity index (χ3n) is 3.79. The van der Waals surface area contributed by atoms with Crippen molar-refractivity contribution >= 4 is 39.2 Å². The van der Waals surface area contributed by atoms with E-state index in [0.29, 0.717) is 11.3 Å². The Morgan fingerprint density at radius 2 is 1.93 bits per heavy atom. The van der Waals surface area contributed by atoms with Gasteiger partial charge in [-0.05, 0) is 36.8 Å². The Morgan fingerprint density at radius 1 is 1.21 bits per heavy atom. The lowest BCUT2D eigenvalue weighted by atomic mass is 10.1. The van der Waals surface area contributed by atoms with Crippen LogP contribution in [-0.2, 0) is 10.5 Å². The fourth-order valence-electron chi connectivity index (χ4n) is 2.54. The van der Waals surface area contributed by atoms with Crippen molar-refractivity contribution in [2.45, 2.75) is 25.1 Å². The Hall–Kier alpha value is -2.26. The second kappa shape index (κ2) is 8.83. The van der Waals surface area contributed by atoms with E-state index >= 15 is 0 Å². The summed E-state index contributed by atoms with van der Waals surface area (Å²) in [5.41, 5.74) is 1.65. The number of aromatic nitrogens is 1. The first kappa shape index (κ1) is 20.5. The van der Waals surface area contributed by atoms with Crippen molar-refractivity contribution in [3.8, 4) is 5.75 Å². The summed E-state index contributed by atoms with van der Waals surface area (Å²) in [6.07, 6.45) is -4.72. The molecule has 0 radical (unpaired) electrons. The number of thiazole rings is 1. The predicted octanol–water partition coefficient (Wildman–Crippen LogP) is 5.31. The third kappa shape index (κ3) is 5.87. The molecule has 28 heavy (non-hydrogen) atoms. The first-order valence-corrected chi connectivity index (χ1v) is 10.3. The highest BCUT2D eigenvalue weighted by molar-refractivity contribution is 7.99. The number of hydrogen-bond donors (Lipinski definition) is 1. The SMILES string of the molecule is CC(NC(=O)CSCc1nc2ccccc2s1)c1ccc(OC(F)(F)F)cc1. The van der Waals surface area contributed by atoms with Crippen LogP contribution in [0, 0.1) is 0 Å². The third-order valence-corrected chi connectivity index (χ3v) is 5.95. The molecule has 3 rings (SSSR count). The zero-order chi connectivity index (χ0) is 20.1. The maximum atomic E-state index is 12.2. The second-order valence-electron chi connectivity index (χ2n) is 5.97. The normalized spacial score (nSPS) is 12.7. The van der Waals surface area contributed by atoms with Gasteiger partial charge in [0.25, 0.3) is 0 Å². The Labute approximate surface area is 168 Å². The molecule has 0 saturated carbocycles. The van der Waals surface area contributed by atoms with E-state index in [1.807, 2.05) is 24.3 Å². The van der Waals surface area contributed by atoms with Crippen LogP contribution in [0.4, 0.5) is 13.2 Å². The van der Waals surface area contributed by atoms with Gasteiger partial charge >= 0.3 is 6.36 Å². The quantitative estimate of drug-likeness (QED) is 0.557. The average Bonchev–Trinajstić information content (AvgIpc) is 3.03. The van der Waals surface area contributed by atoms with Crippen molar-refractivity contribution in [3.05, 3.63) is 59.1 Å². The Morgan fingerprint density at radius 3 is 2.61 bits per heavy atom. The topological polar surface area (TPSA) is 51.2 Å². The maximum Gasteiger partial charge on any atom is 0.573 e. The van der Waals surface area contributed by atoms with E-state index < -0.39 is 6.36 Å². The van der Waals surface area contributed by atoms with Gasteiger partial charge in [-0.15, -0.1) is 36.3 Å². The standard InChI is InChI=1S/C19H17F3N2O2S2/c1-12(13-6-8-14(9-7-13)26-19(20,21)22)23-17(25)10-27-11-18-24-15-4-2-3-5-16(15)28-18/h2-9,12H,10-11H2,1H3,(H,23,25). The van der Waals surface area contributed by atoms with Crippen LogP contribution in [0.15, 0.2) is 48.5 Å². The number of nitrogens with zero attached hydrogens (tertiary/aromatic N) is 1. The van der Waals surface area contributed by atoms with E-state index in [0.717, 1.165) is 15.2 Å². The number of fused-ring (bicyclic) bond motifs is 1. The number of benzene rings is 2. The first-order chi connectivity index (χ1) is 13.3. The number of hydrogen-bond acceptors (Lipinski definition) is 5. The molecule has 1 amide bonds. The van der Waals surface area contributed by atoms with Gasteiger partial charge in [0.05, 0.1) is 22.0 Å². The van der Waals surface area contributed by atoms with Crippen LogP contribution < -0.4 is 10.1 Å². The number of rotatable bonds is 7. The van der Waals surface area contributed by atoms with Crippen LogP contribution in [0.2, 0.25) is 0 Å². The molecule has 0 aliphatic heterocycles. The van der Waals surface area contributed by atoms with E-state index in [1.165, 1.54) is 36.0 Å². The molecule has 1 aromatic heterocycles. The Balaban J connectivity index is 1.46. The molecule has 0 fully saturated rings. The zero-order valence-corrected chi connectivity index (χ0v) is 16.5. The maximum absolute atomic E-state index is 12.2. The average molecular weight is 426 g/mol. The molecule has 0 saturated heterocycles. The minimum Gasteiger partial charge on any atom is -0.406 e. The van der Waals surface area contributed by atoms with Crippen LogP contribution in [0.3, 0.4) is 0 Å². The molecule has 1 unspecified atom stereocenters. The number of amides is 1. The highest BCUT2D eigenvalue weighted by Crippen LogP contribution is 2.26. The summed E-state index contributed by atoms with van der Waals surface area (Å²) in [7, 11) is 0. The fourth-order valence-corrected chi connectivity index (χ4v) is 4.40. The molecule has 3 aromatic rings. The van der Waals surface area contributed by atoms with Crippen molar-refractivity contribution in [3.63, 3.8) is 0 Å². The molecular formula is C19H17F3N2O2S2. The highest BCUT2D eigenvalue weighted by atomic mass is 32.2. The lowest BCUT2D eigenvalue weighted by Gasteiger charge is -2.15. The van der Waals surface area contributed by atoms with Crippen LogP contribution in [0.5, 0.6) is 5.75 Å². The molecule has 148 valence electrons. The number of halogens is 3. The number of thioether (sulfide) groups is 1. The van der Waals surface area contributed by atoms with Crippen LogP contribution in [0.25, 0.3) is 10.2 Å². The monoisotopic (exact) mass is 426 g/mol. The number of alkyl halides is 3. The van der Waals surface area contributed by atoms with Gasteiger partial charge in [0.15, 0.2) is 0 Å². The number of nitrogens with one attached hydrogen (secondary N) is 1. The lowest BCUT2D eigenvalue weighted by Crippen LogP contribution is -2.28. The summed E-state index contributed by atoms with van der Waals surface area (Å²) in [6.45, 7) is 1.77. The van der Waals surface area contributed by atoms with Gasteiger partial charge in [0.2, 0.25) is 5.91 Å². The summed E-state index contributed by atoms with van der Waals surface area (Å²) < 4.78 is 41.5. The second-order valence-corrected chi connectivity index (χ2v) is 8.07. The van der Waals surface area contributed by atoms with E-state index in [1.54, 1.807) is 18.3 Å². The minimum atomic E-state index is -4.72. The molecule has 4 nitrogen and oxygen atoms in total. The van der Waals surface area contributed by atoms with E-state index in [4.69, 9.17) is 0 Å². The summed E-state index contributed by atoms with van der Waals surface area (Å²) in [6, 6.07) is 13.0. The van der Waals surface area contributed by atoms with Crippen molar-refractivity contribution in [2.24, 2.45) is 0 Å². The molecule has 2 aromatic carbocycles. The number of carbonyl (C=O) groups is 1. The smallest absolute Gasteiger partial charge is 0.406 e. The van der Waals surface area contributed by atoms with E-state index in [2.05, 4.69) is 15.0 Å². The lowest BCUT2D eigenvalue weighted by molar-refractivity contribution is -0.274. The summed E-state index contributed by atoms with van der Waals surface area (Å²) in [5, 5.41) is 3.80. The molecule has 1 atom stereocenters. The minimum absolute atomic E-state index is 0.144. The summed E-state index contributed by atoms with van der Waals surface area (Å²) >= 11 is 3.08. The first-order valence-electron chi connectivity index (χ1n) is 8.37. The van der Waals surface area contributed by atoms with Gasteiger partial charge in [-0.25, -0.2) is 4.98 Å². The molecule has 1 N–H and O–H groups in total. The van der Waals surface area contributed by atoms with E-state index in [9.17, 15) is 18.0 Å². The highest BCUT2D eigenvalue weighted by Gasteiger charge is 2.31. The van der Waals surface area contributed by atoms with Gasteiger partial charge in [-0.1, -0.05) is 24.3 Å². The molecule has 0 bridgehead atoms. The van der Waals surface area contributed by atoms with Gasteiger partial charge < -0.3 is 10.1 Å². The number of para-hydroxylation sites is 1. The van der Waals surface area contributed by atoms with Gasteiger partial charge in [-0.2, -0.15) is 0 Å². The fraction of sp³-hybridized carbons (Fsp3) is 0.263. The van der Waals surface area contributed by atoms with Crippen molar-refractivity contribution in [1.29, 1.82) is 0 Å². The van der Waals surface area contributed by atoms with Gasteiger partial charge in [0.1, 0.15) is 10.8 Å². The summed E-state index contributed by atoms with van der Waals surface area (Å²) in [5.74, 6) is 0.482. The predicted molar refractivity (Wildman–Crippen MR) is 105 cm³/mol. The Kier molecular flexibility index (Phi) is 6.46. The van der Waals surface area contributed by atoms with Crippen LogP contribution in [0.1, 0.15) is 23.5 Å². The van der Waals surface area contributed by atoms with E-state index in [-0.39, 0.29) is 23.5 Å². The van der Waals surface area contributed by atoms with Gasteiger partial charge in [0, 0.05) is 5.75 Å². The van der Waals surface area contributed by atoms with Crippen LogP contribution in [-0.4, -0.2) is 23.0 Å². The van der Waals surface area contributed by atoms with Crippen molar-refractivity contribution in [1.82, 2.24) is 10.3 Å². The van der Waals surface area contributed by atoms with Gasteiger partial charge in [-0.3, -0.25) is 4.79 Å². The molecule has 0 aliphatic rings. The number of ether oxygens (including phenoxy) is 1. The molecule has 0 aliphatic carbocycles. The molecule has 0 spiro atoms. The van der Waals surface area contributed by atoms with Crippen molar-refractivity contribution < 1.29 is 22.7 Å². The summed E-state index contributed by atoms with van der Waals surface area (Å²) in [4.78, 5) is 16.6. The van der Waals surface area contributed by atoms with Crippen LogP contribution >= 0.6 is 23.1 Å². The molecule has 9 heteroatoms. The molecular weight excluding hydrogens is 409 g/mol. The van der Waals surface area contributed by atoms with Crippen molar-refractivity contribution in [2.75, 3.05) is 5.75 Å². The Bertz CT molecular complexity index is 909.